The normalized spacial score (nSPS) is 12.5. The summed E-state index contributed by atoms with van der Waals surface area (Å²) in [7, 11) is 0. The van der Waals surface area contributed by atoms with Crippen molar-refractivity contribution >= 4 is 23.5 Å². The number of aryl methyl sites for hydroxylation is 2. The van der Waals surface area contributed by atoms with Crippen molar-refractivity contribution in [1.29, 1.82) is 5.41 Å². The summed E-state index contributed by atoms with van der Waals surface area (Å²) < 4.78 is 13.1. The maximum absolute atomic E-state index is 11.9. The fourth-order valence-corrected chi connectivity index (χ4v) is 3.20. The summed E-state index contributed by atoms with van der Waals surface area (Å²) in [6.07, 6.45) is 1.29. The molecule has 1 heterocycles. The molecule has 0 fully saturated rings. The third-order valence-electron chi connectivity index (χ3n) is 5.27. The highest BCUT2D eigenvalue weighted by Gasteiger charge is 2.22. The van der Waals surface area contributed by atoms with Gasteiger partial charge in [-0.2, -0.15) is 5.10 Å². The van der Waals surface area contributed by atoms with E-state index in [4.69, 9.17) is 14.9 Å². The third kappa shape index (κ3) is 5.63. The summed E-state index contributed by atoms with van der Waals surface area (Å²) in [6, 6.07) is 8.15. The van der Waals surface area contributed by atoms with Crippen molar-refractivity contribution in [2.24, 2.45) is 5.92 Å². The molecule has 1 N–H and O–H groups in total. The maximum Gasteiger partial charge on any atom is 0.311 e. The Hall–Kier alpha value is -2.89. The van der Waals surface area contributed by atoms with E-state index in [1.807, 2.05) is 37.6 Å². The first kappa shape index (κ1) is 24.4. The van der Waals surface area contributed by atoms with Crippen molar-refractivity contribution in [3.05, 3.63) is 52.3 Å². The van der Waals surface area contributed by atoms with Gasteiger partial charge in [-0.1, -0.05) is 58.9 Å². The second-order valence-corrected chi connectivity index (χ2v) is 8.97. The van der Waals surface area contributed by atoms with Crippen molar-refractivity contribution in [2.45, 2.75) is 67.3 Å². The zero-order valence-corrected chi connectivity index (χ0v) is 20.0. The van der Waals surface area contributed by atoms with E-state index in [1.165, 1.54) is 11.8 Å². The molecule has 0 aliphatic carbocycles. The quantitative estimate of drug-likeness (QED) is 0.262. The van der Waals surface area contributed by atoms with Gasteiger partial charge in [0.2, 0.25) is 6.79 Å². The molecule has 168 valence electrons. The van der Waals surface area contributed by atoms with Crippen molar-refractivity contribution in [1.82, 2.24) is 9.78 Å². The van der Waals surface area contributed by atoms with Gasteiger partial charge in [0.05, 0.1) is 11.6 Å². The molecule has 0 saturated carbocycles. The molecular weight excluding hydrogens is 390 g/mol. The Labute approximate surface area is 185 Å². The molecule has 0 spiro atoms. The molecule has 2 rings (SSSR count). The lowest BCUT2D eigenvalue weighted by Gasteiger charge is -2.20. The minimum absolute atomic E-state index is 0.0337. The second-order valence-electron chi connectivity index (χ2n) is 8.97. The highest BCUT2D eigenvalue weighted by molar-refractivity contribution is 6.17. The van der Waals surface area contributed by atoms with Crippen LogP contribution in [-0.2, 0) is 26.2 Å². The van der Waals surface area contributed by atoms with E-state index in [9.17, 15) is 4.79 Å². The maximum atomic E-state index is 11.9. The van der Waals surface area contributed by atoms with Gasteiger partial charge in [-0.3, -0.25) is 9.48 Å². The number of esters is 1. The van der Waals surface area contributed by atoms with Crippen molar-refractivity contribution < 1.29 is 14.3 Å². The van der Waals surface area contributed by atoms with E-state index in [1.54, 1.807) is 13.8 Å². The Morgan fingerprint density at radius 3 is 2.26 bits per heavy atom. The van der Waals surface area contributed by atoms with Gasteiger partial charge < -0.3 is 14.9 Å². The van der Waals surface area contributed by atoms with Crippen LogP contribution in [0.2, 0.25) is 0 Å². The van der Waals surface area contributed by atoms with E-state index in [2.05, 4.69) is 38.0 Å². The van der Waals surface area contributed by atoms with Crippen LogP contribution in [0, 0.1) is 25.2 Å². The van der Waals surface area contributed by atoms with Crippen LogP contribution >= 0.6 is 0 Å². The van der Waals surface area contributed by atoms with E-state index in [0.717, 1.165) is 22.5 Å². The SMILES string of the molecule is CCn1nc(C)c(C)c1/C(OCOC(=O)C(C)C)=C(\C=N)c1ccc(C(C)(C)C)cc1. The number of nitrogens with one attached hydrogen (secondary N) is 1. The molecule has 1 aromatic heterocycles. The Morgan fingerprint density at radius 1 is 1.16 bits per heavy atom. The second kappa shape index (κ2) is 9.94. The predicted molar refractivity (Wildman–Crippen MR) is 125 cm³/mol. The van der Waals surface area contributed by atoms with Crippen LogP contribution in [0.3, 0.4) is 0 Å². The van der Waals surface area contributed by atoms with Gasteiger partial charge in [-0.15, -0.1) is 0 Å². The molecule has 1 aromatic carbocycles. The topological polar surface area (TPSA) is 77.2 Å². The number of ether oxygens (including phenoxy) is 2. The lowest BCUT2D eigenvalue weighted by atomic mass is 9.86. The summed E-state index contributed by atoms with van der Waals surface area (Å²) in [5.74, 6) is -0.0921. The van der Waals surface area contributed by atoms with Crippen LogP contribution in [0.5, 0.6) is 0 Å². The lowest BCUT2D eigenvalue weighted by Crippen LogP contribution is -2.15. The number of carbonyl (C=O) groups is 1. The van der Waals surface area contributed by atoms with Gasteiger partial charge >= 0.3 is 5.97 Å². The zero-order chi connectivity index (χ0) is 23.3. The minimum atomic E-state index is -0.331. The van der Waals surface area contributed by atoms with Crippen LogP contribution in [0.25, 0.3) is 11.3 Å². The van der Waals surface area contributed by atoms with Gasteiger partial charge in [-0.05, 0) is 37.3 Å². The van der Waals surface area contributed by atoms with Gasteiger partial charge in [-0.25, -0.2) is 0 Å². The van der Waals surface area contributed by atoms with Crippen LogP contribution in [0.4, 0.5) is 0 Å². The summed E-state index contributed by atoms with van der Waals surface area (Å²) >= 11 is 0. The average molecular weight is 426 g/mol. The molecule has 2 aromatic rings. The molecule has 31 heavy (non-hydrogen) atoms. The molecule has 0 saturated heterocycles. The molecule has 0 aliphatic rings. The Bertz CT molecular complexity index is 961. The van der Waals surface area contributed by atoms with Crippen molar-refractivity contribution in [3.8, 4) is 0 Å². The summed E-state index contributed by atoms with van der Waals surface area (Å²) in [5.41, 5.74) is 5.36. The van der Waals surface area contributed by atoms with Crippen molar-refractivity contribution in [2.75, 3.05) is 6.79 Å². The molecule has 0 amide bonds. The highest BCUT2D eigenvalue weighted by Crippen LogP contribution is 2.31. The average Bonchev–Trinajstić information content (AvgIpc) is 3.00. The Morgan fingerprint density at radius 2 is 1.77 bits per heavy atom. The van der Waals surface area contributed by atoms with Crippen molar-refractivity contribution in [3.63, 3.8) is 0 Å². The number of benzene rings is 1. The molecule has 0 aliphatic heterocycles. The number of allylic oxidation sites excluding steroid dienone is 1. The van der Waals surface area contributed by atoms with Gasteiger partial charge in [0.25, 0.3) is 0 Å². The Kier molecular flexibility index (Phi) is 7.82. The molecule has 0 atom stereocenters. The first-order chi connectivity index (χ1) is 14.5. The van der Waals surface area contributed by atoms with Gasteiger partial charge in [0.1, 0.15) is 5.69 Å². The molecular formula is C25H35N3O3. The van der Waals surface area contributed by atoms with Crippen LogP contribution < -0.4 is 0 Å². The van der Waals surface area contributed by atoms with Gasteiger partial charge in [0.15, 0.2) is 5.76 Å². The monoisotopic (exact) mass is 425 g/mol. The minimum Gasteiger partial charge on any atom is -0.454 e. The molecule has 0 bridgehead atoms. The lowest BCUT2D eigenvalue weighted by molar-refractivity contribution is -0.155. The summed E-state index contributed by atoms with van der Waals surface area (Å²) in [4.78, 5) is 11.9. The number of hydrogen-bond acceptors (Lipinski definition) is 5. The first-order valence-electron chi connectivity index (χ1n) is 10.7. The Balaban J connectivity index is 2.59. The largest absolute Gasteiger partial charge is 0.454 e. The van der Waals surface area contributed by atoms with Crippen LogP contribution in [0.1, 0.15) is 69.6 Å². The third-order valence-corrected chi connectivity index (χ3v) is 5.27. The highest BCUT2D eigenvalue weighted by atomic mass is 16.7. The smallest absolute Gasteiger partial charge is 0.311 e. The molecule has 0 radical (unpaired) electrons. The standard InChI is InChI=1S/C25H35N3O3/c1-9-28-22(17(4)18(5)27-28)23(30-15-31-24(29)16(2)3)21(14-26)19-10-12-20(13-11-19)25(6,7)8/h10-14,16,26H,9,15H2,1-8H3/b23-21-,26-14?. The molecule has 6 heteroatoms. The van der Waals surface area contributed by atoms with E-state index in [0.29, 0.717) is 17.9 Å². The number of aromatic nitrogens is 2. The van der Waals surface area contributed by atoms with E-state index in [-0.39, 0.29) is 24.1 Å². The fraction of sp³-hybridized carbons (Fsp3) is 0.480. The van der Waals surface area contributed by atoms with Crippen LogP contribution in [0.15, 0.2) is 24.3 Å². The summed E-state index contributed by atoms with van der Waals surface area (Å²) in [5, 5.41) is 12.7. The first-order valence-corrected chi connectivity index (χ1v) is 10.7. The van der Waals surface area contributed by atoms with E-state index >= 15 is 0 Å². The fourth-order valence-electron chi connectivity index (χ4n) is 3.20. The van der Waals surface area contributed by atoms with Crippen LogP contribution in [-0.4, -0.2) is 28.8 Å². The number of carbonyl (C=O) groups excluding carboxylic acids is 1. The number of hydrogen-bond donors (Lipinski definition) is 1. The summed E-state index contributed by atoms with van der Waals surface area (Å²) in [6.45, 7) is 16.4. The van der Waals surface area contributed by atoms with E-state index < -0.39 is 0 Å². The zero-order valence-electron chi connectivity index (χ0n) is 20.0. The number of nitrogens with zero attached hydrogens (tertiary/aromatic N) is 2. The molecule has 0 unspecified atom stereocenters. The molecule has 6 nitrogen and oxygen atoms in total. The van der Waals surface area contributed by atoms with Gasteiger partial charge in [0, 0.05) is 23.9 Å². The number of rotatable bonds is 8. The predicted octanol–water partition coefficient (Wildman–Crippen LogP) is 5.51.